The minimum atomic E-state index is 0.416. The van der Waals surface area contributed by atoms with E-state index < -0.39 is 0 Å². The smallest absolute Gasteiger partial charge is 0.136 e. The Morgan fingerprint density at radius 2 is 1.95 bits per heavy atom. The molecule has 0 aliphatic rings. The fraction of sp³-hybridized carbons (Fsp3) is 0.533. The number of aromatic nitrogens is 3. The average Bonchev–Trinajstić information content (AvgIpc) is 2.74. The van der Waals surface area contributed by atoms with E-state index in [0.717, 1.165) is 34.6 Å². The fourth-order valence-corrected chi connectivity index (χ4v) is 2.98. The Morgan fingerprint density at radius 3 is 2.50 bits per heavy atom. The summed E-state index contributed by atoms with van der Waals surface area (Å²) in [6.45, 7) is 11.4. The van der Waals surface area contributed by atoms with Crippen molar-refractivity contribution in [3.63, 3.8) is 0 Å². The number of nitrogens with zero attached hydrogens (tertiary/aromatic N) is 3. The summed E-state index contributed by atoms with van der Waals surface area (Å²) >= 11 is 1.67. The zero-order chi connectivity index (χ0) is 14.7. The second-order valence-corrected chi connectivity index (χ2v) is 6.27. The van der Waals surface area contributed by atoms with Crippen LogP contribution in [0.4, 0.5) is 5.82 Å². The van der Waals surface area contributed by atoms with E-state index in [-0.39, 0.29) is 0 Å². The van der Waals surface area contributed by atoms with Crippen molar-refractivity contribution >= 4 is 17.2 Å². The van der Waals surface area contributed by atoms with Crippen molar-refractivity contribution in [3.05, 3.63) is 33.2 Å². The van der Waals surface area contributed by atoms with Crippen molar-refractivity contribution in [2.45, 2.75) is 47.0 Å². The lowest BCUT2D eigenvalue weighted by Crippen LogP contribution is -2.11. The normalized spacial score (nSPS) is 11.1. The second-order valence-electron chi connectivity index (χ2n) is 5.21. The highest BCUT2D eigenvalue weighted by atomic mass is 32.1. The monoisotopic (exact) mass is 290 g/mol. The Balaban J connectivity index is 2.35. The van der Waals surface area contributed by atoms with Gasteiger partial charge in [0.2, 0.25) is 0 Å². The third kappa shape index (κ3) is 3.33. The van der Waals surface area contributed by atoms with Gasteiger partial charge >= 0.3 is 0 Å². The summed E-state index contributed by atoms with van der Waals surface area (Å²) < 4.78 is 0. The van der Waals surface area contributed by atoms with E-state index in [1.54, 1.807) is 11.3 Å². The first kappa shape index (κ1) is 14.9. The van der Waals surface area contributed by atoms with Crippen LogP contribution < -0.4 is 5.32 Å². The molecule has 0 aliphatic heterocycles. The molecule has 0 amide bonds. The molecule has 5 heteroatoms. The predicted octanol–water partition coefficient (Wildman–Crippen LogP) is 3.70. The zero-order valence-electron chi connectivity index (χ0n) is 12.8. The lowest BCUT2D eigenvalue weighted by atomic mass is 10.0. The number of anilines is 1. The van der Waals surface area contributed by atoms with Crippen molar-refractivity contribution in [3.8, 4) is 0 Å². The molecule has 4 nitrogen and oxygen atoms in total. The van der Waals surface area contributed by atoms with Crippen LogP contribution in [-0.4, -0.2) is 21.5 Å². The first-order valence-electron chi connectivity index (χ1n) is 7.03. The van der Waals surface area contributed by atoms with E-state index >= 15 is 0 Å². The predicted molar refractivity (Wildman–Crippen MR) is 84.7 cm³/mol. The van der Waals surface area contributed by atoms with Gasteiger partial charge in [-0.2, -0.15) is 0 Å². The van der Waals surface area contributed by atoms with Crippen LogP contribution in [-0.2, 0) is 6.42 Å². The van der Waals surface area contributed by atoms with E-state index in [0.29, 0.717) is 12.3 Å². The van der Waals surface area contributed by atoms with Crippen LogP contribution in [0.1, 0.15) is 54.5 Å². The summed E-state index contributed by atoms with van der Waals surface area (Å²) in [5, 5.41) is 6.53. The lowest BCUT2D eigenvalue weighted by molar-refractivity contribution is 0.808. The lowest BCUT2D eigenvalue weighted by Gasteiger charge is -2.16. The van der Waals surface area contributed by atoms with Crippen LogP contribution in [0.2, 0.25) is 0 Å². The molecule has 0 saturated heterocycles. The summed E-state index contributed by atoms with van der Waals surface area (Å²) in [5.41, 5.74) is 3.32. The van der Waals surface area contributed by atoms with E-state index in [1.165, 1.54) is 5.56 Å². The van der Waals surface area contributed by atoms with E-state index in [2.05, 4.69) is 48.4 Å². The van der Waals surface area contributed by atoms with Gasteiger partial charge in [-0.05, 0) is 26.7 Å². The Bertz CT molecular complexity index is 590. The number of hydrogen-bond acceptors (Lipinski definition) is 5. The van der Waals surface area contributed by atoms with Gasteiger partial charge in [-0.3, -0.25) is 0 Å². The van der Waals surface area contributed by atoms with Crippen LogP contribution in [0, 0.1) is 13.8 Å². The largest absolute Gasteiger partial charge is 0.370 e. The van der Waals surface area contributed by atoms with E-state index in [9.17, 15) is 0 Å². The summed E-state index contributed by atoms with van der Waals surface area (Å²) in [6, 6.07) is 0. The minimum absolute atomic E-state index is 0.416. The number of hydrogen-bond donors (Lipinski definition) is 1. The SMILES string of the molecule is CCNc1nc(Cc2csc(C)n2)nc(C)c1C(C)C. The van der Waals surface area contributed by atoms with Gasteiger partial charge < -0.3 is 5.32 Å². The average molecular weight is 290 g/mol. The summed E-state index contributed by atoms with van der Waals surface area (Å²) in [4.78, 5) is 13.8. The van der Waals surface area contributed by atoms with Crippen molar-refractivity contribution in [2.24, 2.45) is 0 Å². The topological polar surface area (TPSA) is 50.7 Å². The molecule has 1 N–H and O–H groups in total. The van der Waals surface area contributed by atoms with Gasteiger partial charge in [0, 0.05) is 23.2 Å². The molecule has 2 aromatic heterocycles. The van der Waals surface area contributed by atoms with Crippen LogP contribution >= 0.6 is 11.3 Å². The fourth-order valence-electron chi connectivity index (χ4n) is 2.36. The molecule has 2 heterocycles. The Kier molecular flexibility index (Phi) is 4.70. The van der Waals surface area contributed by atoms with Crippen LogP contribution in [0.3, 0.4) is 0 Å². The van der Waals surface area contributed by atoms with Gasteiger partial charge in [0.1, 0.15) is 11.6 Å². The quantitative estimate of drug-likeness (QED) is 0.912. The molecule has 0 bridgehead atoms. The maximum absolute atomic E-state index is 4.69. The third-order valence-corrected chi connectivity index (χ3v) is 3.93. The van der Waals surface area contributed by atoms with Crippen molar-refractivity contribution in [1.82, 2.24) is 15.0 Å². The van der Waals surface area contributed by atoms with Gasteiger partial charge in [0.25, 0.3) is 0 Å². The molecular weight excluding hydrogens is 268 g/mol. The zero-order valence-corrected chi connectivity index (χ0v) is 13.6. The van der Waals surface area contributed by atoms with Gasteiger partial charge in [0.15, 0.2) is 0 Å². The maximum atomic E-state index is 4.69. The van der Waals surface area contributed by atoms with Crippen molar-refractivity contribution < 1.29 is 0 Å². The molecule has 0 radical (unpaired) electrons. The summed E-state index contributed by atoms with van der Waals surface area (Å²) in [5.74, 6) is 2.23. The standard InChI is InChI=1S/C15H22N4S/c1-6-16-15-14(9(2)3)10(4)17-13(19-15)7-12-8-20-11(5)18-12/h8-9H,6-7H2,1-5H3,(H,16,17,19). The number of rotatable bonds is 5. The maximum Gasteiger partial charge on any atom is 0.136 e. The Hall–Kier alpha value is -1.49. The molecular formula is C15H22N4S. The molecule has 2 rings (SSSR count). The highest BCUT2D eigenvalue weighted by Crippen LogP contribution is 2.25. The summed E-state index contributed by atoms with van der Waals surface area (Å²) in [6.07, 6.45) is 0.696. The summed E-state index contributed by atoms with van der Waals surface area (Å²) in [7, 11) is 0. The molecule has 20 heavy (non-hydrogen) atoms. The van der Waals surface area contributed by atoms with E-state index in [4.69, 9.17) is 4.98 Å². The highest BCUT2D eigenvalue weighted by Gasteiger charge is 2.15. The first-order chi connectivity index (χ1) is 9.51. The van der Waals surface area contributed by atoms with Crippen LogP contribution in [0.25, 0.3) is 0 Å². The molecule has 108 valence electrons. The highest BCUT2D eigenvalue weighted by molar-refractivity contribution is 7.09. The van der Waals surface area contributed by atoms with Crippen LogP contribution in [0.15, 0.2) is 5.38 Å². The molecule has 0 atom stereocenters. The molecule has 0 aliphatic carbocycles. The minimum Gasteiger partial charge on any atom is -0.370 e. The Morgan fingerprint density at radius 1 is 1.20 bits per heavy atom. The van der Waals surface area contributed by atoms with Gasteiger partial charge in [0.05, 0.1) is 17.1 Å². The number of nitrogens with one attached hydrogen (secondary N) is 1. The Labute approximate surface area is 124 Å². The molecule has 0 aromatic carbocycles. The van der Waals surface area contributed by atoms with E-state index in [1.807, 2.05) is 6.92 Å². The third-order valence-electron chi connectivity index (χ3n) is 3.11. The molecule has 0 spiro atoms. The van der Waals surface area contributed by atoms with Gasteiger partial charge in [-0.15, -0.1) is 11.3 Å². The first-order valence-corrected chi connectivity index (χ1v) is 7.91. The molecule has 2 aromatic rings. The number of thiazole rings is 1. The molecule has 0 saturated carbocycles. The van der Waals surface area contributed by atoms with Crippen LogP contribution in [0.5, 0.6) is 0 Å². The van der Waals surface area contributed by atoms with Crippen molar-refractivity contribution in [1.29, 1.82) is 0 Å². The van der Waals surface area contributed by atoms with Gasteiger partial charge in [-0.25, -0.2) is 15.0 Å². The number of aryl methyl sites for hydroxylation is 2. The second kappa shape index (κ2) is 6.31. The molecule has 0 unspecified atom stereocenters. The van der Waals surface area contributed by atoms with Gasteiger partial charge in [-0.1, -0.05) is 13.8 Å². The molecule has 0 fully saturated rings. The van der Waals surface area contributed by atoms with Crippen molar-refractivity contribution in [2.75, 3.05) is 11.9 Å².